The molecule has 0 radical (unpaired) electrons. The second-order valence-corrected chi connectivity index (χ2v) is 16.3. The van der Waals surface area contributed by atoms with Gasteiger partial charge in [0.05, 0.1) is 16.4 Å². The van der Waals surface area contributed by atoms with Crippen molar-refractivity contribution < 1.29 is 0 Å². The Labute approximate surface area is 359 Å². The summed E-state index contributed by atoms with van der Waals surface area (Å²) in [7, 11) is 0. The lowest BCUT2D eigenvalue weighted by Crippen LogP contribution is -2.26. The molecule has 1 atom stereocenters. The highest BCUT2D eigenvalue weighted by molar-refractivity contribution is 6.10. The normalized spacial score (nSPS) is 14.5. The van der Waals surface area contributed by atoms with Crippen molar-refractivity contribution in [3.63, 3.8) is 0 Å². The lowest BCUT2D eigenvalue weighted by molar-refractivity contribution is 0.794. The molecule has 62 heavy (non-hydrogen) atoms. The Morgan fingerprint density at radius 2 is 0.726 bits per heavy atom. The van der Waals surface area contributed by atoms with Gasteiger partial charge >= 0.3 is 0 Å². The summed E-state index contributed by atoms with van der Waals surface area (Å²) in [6.45, 7) is 0. The molecule has 1 unspecified atom stereocenters. The van der Waals surface area contributed by atoms with E-state index in [2.05, 4.69) is 187 Å². The number of para-hydroxylation sites is 2. The van der Waals surface area contributed by atoms with E-state index in [-0.39, 0.29) is 0 Å². The van der Waals surface area contributed by atoms with E-state index in [1.54, 1.807) is 0 Å². The first-order chi connectivity index (χ1) is 30.7. The van der Waals surface area contributed by atoms with Crippen molar-refractivity contribution in [3.8, 4) is 73.2 Å². The van der Waals surface area contributed by atoms with Gasteiger partial charge in [-0.25, -0.2) is 15.0 Å². The topological polar surface area (TPSA) is 43.6 Å². The van der Waals surface area contributed by atoms with E-state index in [1.807, 2.05) is 36.4 Å². The smallest absolute Gasteiger partial charge is 0.164 e. The molecule has 13 rings (SSSR count). The van der Waals surface area contributed by atoms with Crippen LogP contribution >= 0.6 is 0 Å². The van der Waals surface area contributed by atoms with Crippen molar-refractivity contribution >= 4 is 21.8 Å². The van der Waals surface area contributed by atoms with Crippen molar-refractivity contribution in [2.75, 3.05) is 0 Å². The number of benzene rings is 9. The molecule has 2 aliphatic rings. The summed E-state index contributed by atoms with van der Waals surface area (Å²) in [6.07, 6.45) is 0. The van der Waals surface area contributed by atoms with Crippen LogP contribution in [-0.2, 0) is 5.41 Å². The van der Waals surface area contributed by atoms with E-state index in [9.17, 15) is 0 Å². The summed E-state index contributed by atoms with van der Waals surface area (Å²) < 4.78 is 2.38. The van der Waals surface area contributed by atoms with E-state index in [1.165, 1.54) is 77.4 Å². The van der Waals surface area contributed by atoms with Gasteiger partial charge in [-0.2, -0.15) is 0 Å². The van der Waals surface area contributed by atoms with Gasteiger partial charge in [0.1, 0.15) is 0 Å². The molecule has 288 valence electrons. The van der Waals surface area contributed by atoms with Crippen LogP contribution in [0.3, 0.4) is 0 Å². The van der Waals surface area contributed by atoms with Crippen molar-refractivity contribution in [2.24, 2.45) is 0 Å². The molecule has 0 N–H and O–H groups in total. The molecule has 0 amide bonds. The molecule has 0 fully saturated rings. The van der Waals surface area contributed by atoms with Crippen LogP contribution in [0.25, 0.3) is 95.0 Å². The van der Waals surface area contributed by atoms with Gasteiger partial charge < -0.3 is 4.57 Å². The van der Waals surface area contributed by atoms with Crippen LogP contribution in [0.5, 0.6) is 0 Å². The van der Waals surface area contributed by atoms with Crippen molar-refractivity contribution in [2.45, 2.75) is 5.41 Å². The number of hydrogen-bond acceptors (Lipinski definition) is 3. The minimum atomic E-state index is -0.561. The van der Waals surface area contributed by atoms with Crippen LogP contribution in [0, 0.1) is 0 Å². The molecule has 1 spiro atoms. The fourth-order valence-electron chi connectivity index (χ4n) is 10.4. The monoisotopic (exact) mass is 788 g/mol. The van der Waals surface area contributed by atoms with Crippen molar-refractivity contribution in [1.82, 2.24) is 19.5 Å². The first-order valence-electron chi connectivity index (χ1n) is 21.2. The van der Waals surface area contributed by atoms with Crippen LogP contribution in [0.2, 0.25) is 0 Å². The molecular weight excluding hydrogens is 753 g/mol. The fourth-order valence-corrected chi connectivity index (χ4v) is 10.4. The number of fused-ring (bicyclic) bond motifs is 13. The largest absolute Gasteiger partial charge is 0.309 e. The first kappa shape index (κ1) is 34.6. The van der Waals surface area contributed by atoms with Gasteiger partial charge in [-0.05, 0) is 98.1 Å². The zero-order chi connectivity index (χ0) is 40.8. The molecule has 4 nitrogen and oxygen atoms in total. The predicted octanol–water partition coefficient (Wildman–Crippen LogP) is 14.0. The average molecular weight is 789 g/mol. The first-order valence-corrected chi connectivity index (χ1v) is 21.2. The van der Waals surface area contributed by atoms with E-state index in [0.29, 0.717) is 17.5 Å². The summed E-state index contributed by atoms with van der Waals surface area (Å²) >= 11 is 0. The van der Waals surface area contributed by atoms with Crippen LogP contribution in [-0.4, -0.2) is 19.5 Å². The summed E-state index contributed by atoms with van der Waals surface area (Å²) in [4.78, 5) is 15.4. The van der Waals surface area contributed by atoms with Gasteiger partial charge in [0, 0.05) is 33.2 Å². The van der Waals surface area contributed by atoms with Crippen LogP contribution in [0.1, 0.15) is 22.3 Å². The standard InChI is InChI=1S/C58H36N4/c1-4-16-37(17-5-1)55-59-56(38-18-6-2-7-19-38)61-57(60-55)41-29-32-46-44-23-11-14-26-50(44)58(52(46)36-41)49-25-13-10-22-43(49)45-31-28-40(35-51(45)58)39-30-33-54-48(34-39)47-24-12-15-27-53(47)62(54)42-20-8-3-9-21-42/h1-36H. The second kappa shape index (κ2) is 13.4. The van der Waals surface area contributed by atoms with Gasteiger partial charge in [-0.1, -0.05) is 176 Å². The Hall–Kier alpha value is -8.21. The minimum Gasteiger partial charge on any atom is -0.309 e. The summed E-state index contributed by atoms with van der Waals surface area (Å²) in [5.41, 5.74) is 18.4. The lowest BCUT2D eigenvalue weighted by Gasteiger charge is -2.31. The summed E-state index contributed by atoms with van der Waals surface area (Å²) in [6, 6.07) is 78.7. The number of rotatable bonds is 5. The van der Waals surface area contributed by atoms with E-state index < -0.39 is 5.41 Å². The third kappa shape index (κ3) is 4.98. The molecule has 2 heterocycles. The molecule has 2 aliphatic carbocycles. The van der Waals surface area contributed by atoms with Gasteiger partial charge in [0.15, 0.2) is 17.5 Å². The molecule has 0 aliphatic heterocycles. The van der Waals surface area contributed by atoms with Gasteiger partial charge in [-0.15, -0.1) is 0 Å². The highest BCUT2D eigenvalue weighted by atomic mass is 15.0. The molecule has 0 bridgehead atoms. The van der Waals surface area contributed by atoms with Gasteiger partial charge in [0.25, 0.3) is 0 Å². The Morgan fingerprint density at radius 1 is 0.290 bits per heavy atom. The molecule has 2 aromatic heterocycles. The fraction of sp³-hybridized carbons (Fsp3) is 0.0172. The molecule has 0 saturated carbocycles. The third-order valence-corrected chi connectivity index (χ3v) is 13.1. The van der Waals surface area contributed by atoms with Crippen LogP contribution < -0.4 is 0 Å². The van der Waals surface area contributed by atoms with Crippen LogP contribution in [0.4, 0.5) is 0 Å². The Balaban J connectivity index is 1.03. The number of aromatic nitrogens is 4. The number of nitrogens with zero attached hydrogens (tertiary/aromatic N) is 4. The highest BCUT2D eigenvalue weighted by Gasteiger charge is 2.51. The van der Waals surface area contributed by atoms with E-state index in [4.69, 9.17) is 15.0 Å². The molecule has 0 saturated heterocycles. The quantitative estimate of drug-likeness (QED) is 0.174. The third-order valence-electron chi connectivity index (χ3n) is 13.1. The molecule has 4 heteroatoms. The highest BCUT2D eigenvalue weighted by Crippen LogP contribution is 2.63. The average Bonchev–Trinajstić information content (AvgIpc) is 3.96. The van der Waals surface area contributed by atoms with E-state index >= 15 is 0 Å². The maximum atomic E-state index is 5.17. The second-order valence-electron chi connectivity index (χ2n) is 16.3. The zero-order valence-electron chi connectivity index (χ0n) is 33.6. The van der Waals surface area contributed by atoms with Gasteiger partial charge in [-0.3, -0.25) is 0 Å². The van der Waals surface area contributed by atoms with Crippen molar-refractivity contribution in [3.05, 3.63) is 241 Å². The molecular formula is C58H36N4. The van der Waals surface area contributed by atoms with Crippen LogP contribution in [0.15, 0.2) is 218 Å². The maximum absolute atomic E-state index is 5.17. The van der Waals surface area contributed by atoms with Gasteiger partial charge in [0.2, 0.25) is 0 Å². The molecule has 11 aromatic rings. The lowest BCUT2D eigenvalue weighted by atomic mass is 9.70. The summed E-state index contributed by atoms with van der Waals surface area (Å²) in [5, 5.41) is 2.48. The van der Waals surface area contributed by atoms with Crippen molar-refractivity contribution in [1.29, 1.82) is 0 Å². The Bertz CT molecular complexity index is 3500. The van der Waals surface area contributed by atoms with E-state index in [0.717, 1.165) is 22.4 Å². The molecule has 9 aromatic carbocycles. The number of hydrogen-bond donors (Lipinski definition) is 0. The SMILES string of the molecule is c1ccc(-c2nc(-c3ccccc3)nc(-c3ccc4c(c3)C3(c5ccccc5-c5ccc(-c6ccc7c(c6)c6ccccc6n7-c6ccccc6)cc53)c3ccccc3-4)n2)cc1. The zero-order valence-corrected chi connectivity index (χ0v) is 33.6. The Morgan fingerprint density at radius 3 is 1.35 bits per heavy atom. The predicted molar refractivity (Wildman–Crippen MR) is 252 cm³/mol. The summed E-state index contributed by atoms with van der Waals surface area (Å²) in [5.74, 6) is 1.95. The minimum absolute atomic E-state index is 0.561. The Kier molecular flexibility index (Phi) is 7.49. The maximum Gasteiger partial charge on any atom is 0.164 e.